The van der Waals surface area contributed by atoms with E-state index in [1.165, 1.54) is 6.92 Å². The minimum atomic E-state index is -1.27. The van der Waals surface area contributed by atoms with Gasteiger partial charge in [-0.05, 0) is 6.92 Å². The van der Waals surface area contributed by atoms with Crippen LogP contribution in [0.2, 0.25) is 0 Å². The molecule has 0 spiro atoms. The van der Waals surface area contributed by atoms with Gasteiger partial charge in [0, 0.05) is 19.0 Å². The molecule has 7 heteroatoms. The van der Waals surface area contributed by atoms with Gasteiger partial charge in [0.2, 0.25) is 5.91 Å². The number of aliphatic carboxylic acids is 1. The van der Waals surface area contributed by atoms with Crippen molar-refractivity contribution in [1.29, 1.82) is 0 Å². The van der Waals surface area contributed by atoms with Gasteiger partial charge in [0.1, 0.15) is 0 Å². The highest BCUT2D eigenvalue weighted by atomic mass is 16.5. The summed E-state index contributed by atoms with van der Waals surface area (Å²) in [5, 5.41) is 23.3. The van der Waals surface area contributed by atoms with Crippen LogP contribution >= 0.6 is 0 Å². The van der Waals surface area contributed by atoms with Crippen molar-refractivity contribution >= 4 is 11.9 Å². The van der Waals surface area contributed by atoms with Gasteiger partial charge in [-0.3, -0.25) is 4.79 Å². The summed E-state index contributed by atoms with van der Waals surface area (Å²) in [6.45, 7) is 3.04. The molecule has 1 aliphatic rings. The molecule has 3 atom stereocenters. The van der Waals surface area contributed by atoms with Crippen LogP contribution in [0, 0.1) is 0 Å². The number of carbonyl (C=O) groups is 2. The number of amides is 1. The number of morpholine rings is 1. The Morgan fingerprint density at radius 1 is 1.59 bits per heavy atom. The summed E-state index contributed by atoms with van der Waals surface area (Å²) >= 11 is 0. The second-order valence-electron chi connectivity index (χ2n) is 4.05. The molecule has 0 saturated carbocycles. The molecule has 0 bridgehead atoms. The van der Waals surface area contributed by atoms with Crippen molar-refractivity contribution in [2.24, 2.45) is 0 Å². The molecule has 1 saturated heterocycles. The average molecular weight is 246 g/mol. The van der Waals surface area contributed by atoms with E-state index in [0.717, 1.165) is 0 Å². The Balaban J connectivity index is 2.38. The van der Waals surface area contributed by atoms with Crippen LogP contribution in [0.3, 0.4) is 0 Å². The number of hydrogen-bond acceptors (Lipinski definition) is 5. The molecular formula is C10H18N2O5. The number of carbonyl (C=O) groups excluding carboxylic acids is 1. The third-order valence-electron chi connectivity index (χ3n) is 2.50. The van der Waals surface area contributed by atoms with Gasteiger partial charge in [-0.1, -0.05) is 0 Å². The van der Waals surface area contributed by atoms with Crippen LogP contribution in [0.1, 0.15) is 13.3 Å². The van der Waals surface area contributed by atoms with Crippen molar-refractivity contribution in [2.75, 3.05) is 19.8 Å². The van der Waals surface area contributed by atoms with E-state index in [4.69, 9.17) is 9.84 Å². The highest BCUT2D eigenvalue weighted by Gasteiger charge is 2.26. The molecule has 1 heterocycles. The first-order valence-corrected chi connectivity index (χ1v) is 5.52. The van der Waals surface area contributed by atoms with Crippen LogP contribution in [0.5, 0.6) is 0 Å². The van der Waals surface area contributed by atoms with Crippen molar-refractivity contribution in [1.82, 2.24) is 10.6 Å². The molecule has 1 aliphatic heterocycles. The maximum atomic E-state index is 11.5. The van der Waals surface area contributed by atoms with Crippen LogP contribution in [0.4, 0.5) is 0 Å². The number of ether oxygens (including phenoxy) is 1. The lowest BCUT2D eigenvalue weighted by atomic mass is 10.1. The first-order chi connectivity index (χ1) is 8.00. The molecule has 1 amide bonds. The summed E-state index contributed by atoms with van der Waals surface area (Å²) in [5.41, 5.74) is 0. The lowest BCUT2D eigenvalue weighted by molar-refractivity contribution is -0.144. The van der Waals surface area contributed by atoms with Crippen molar-refractivity contribution in [3.05, 3.63) is 0 Å². The summed E-state index contributed by atoms with van der Waals surface area (Å²) in [5.74, 6) is -1.66. The number of carboxylic acids is 1. The number of aliphatic hydroxyl groups is 1. The van der Waals surface area contributed by atoms with Gasteiger partial charge in [-0.2, -0.15) is 0 Å². The second-order valence-corrected chi connectivity index (χ2v) is 4.05. The van der Waals surface area contributed by atoms with Crippen molar-refractivity contribution in [3.8, 4) is 0 Å². The molecule has 4 N–H and O–H groups in total. The van der Waals surface area contributed by atoms with Gasteiger partial charge < -0.3 is 25.6 Å². The third kappa shape index (κ3) is 4.68. The molecule has 1 fully saturated rings. The Kier molecular flexibility index (Phi) is 5.33. The zero-order valence-corrected chi connectivity index (χ0v) is 9.68. The van der Waals surface area contributed by atoms with Gasteiger partial charge in [-0.25, -0.2) is 4.79 Å². The van der Waals surface area contributed by atoms with E-state index in [9.17, 15) is 14.7 Å². The molecule has 1 rings (SSSR count). The Hall–Kier alpha value is -1.18. The molecular weight excluding hydrogens is 228 g/mol. The fourth-order valence-corrected chi connectivity index (χ4v) is 1.60. The minimum Gasteiger partial charge on any atom is -0.480 e. The average Bonchev–Trinajstić information content (AvgIpc) is 2.26. The highest BCUT2D eigenvalue weighted by molar-refractivity contribution is 5.84. The quantitative estimate of drug-likeness (QED) is 0.461. The molecule has 98 valence electrons. The molecule has 0 radical (unpaired) electrons. The summed E-state index contributed by atoms with van der Waals surface area (Å²) in [7, 11) is 0. The van der Waals surface area contributed by atoms with Crippen LogP contribution in [-0.2, 0) is 14.3 Å². The maximum Gasteiger partial charge on any atom is 0.328 e. The van der Waals surface area contributed by atoms with Crippen LogP contribution in [0.15, 0.2) is 0 Å². The van der Waals surface area contributed by atoms with E-state index in [1.807, 2.05) is 0 Å². The Labute approximate surface area is 99.1 Å². The van der Waals surface area contributed by atoms with Crippen LogP contribution < -0.4 is 10.6 Å². The number of rotatable bonds is 5. The maximum absolute atomic E-state index is 11.5. The Morgan fingerprint density at radius 3 is 2.76 bits per heavy atom. The van der Waals surface area contributed by atoms with Gasteiger partial charge in [0.15, 0.2) is 6.04 Å². The molecule has 0 aromatic carbocycles. The van der Waals surface area contributed by atoms with E-state index >= 15 is 0 Å². The molecule has 0 aliphatic carbocycles. The smallest absolute Gasteiger partial charge is 0.328 e. The van der Waals surface area contributed by atoms with Gasteiger partial charge in [-0.15, -0.1) is 0 Å². The van der Waals surface area contributed by atoms with E-state index < -0.39 is 24.0 Å². The van der Waals surface area contributed by atoms with Crippen LogP contribution in [0.25, 0.3) is 0 Å². The summed E-state index contributed by atoms with van der Waals surface area (Å²) in [4.78, 5) is 22.3. The number of hydrogen-bond donors (Lipinski definition) is 4. The lowest BCUT2D eigenvalue weighted by Crippen LogP contribution is -2.50. The predicted molar refractivity (Wildman–Crippen MR) is 58.5 cm³/mol. The summed E-state index contributed by atoms with van der Waals surface area (Å²) in [6.07, 6.45) is -0.997. The van der Waals surface area contributed by atoms with E-state index in [1.54, 1.807) is 0 Å². The fraction of sp³-hybridized carbons (Fsp3) is 0.800. The Morgan fingerprint density at radius 2 is 2.29 bits per heavy atom. The monoisotopic (exact) mass is 246 g/mol. The van der Waals surface area contributed by atoms with Crippen molar-refractivity contribution < 1.29 is 24.5 Å². The van der Waals surface area contributed by atoms with Gasteiger partial charge in [0.05, 0.1) is 19.3 Å². The minimum absolute atomic E-state index is 0.104. The number of carboxylic acid groups (broad SMARTS) is 1. The lowest BCUT2D eigenvalue weighted by Gasteiger charge is -2.24. The first kappa shape index (κ1) is 13.9. The Bertz CT molecular complexity index is 276. The highest BCUT2D eigenvalue weighted by Crippen LogP contribution is 2.00. The zero-order chi connectivity index (χ0) is 12.8. The topological polar surface area (TPSA) is 108 Å². The number of aliphatic hydroxyl groups excluding tert-OH is 1. The normalized spacial score (nSPS) is 23.8. The zero-order valence-electron chi connectivity index (χ0n) is 9.68. The molecule has 0 aromatic heterocycles. The largest absolute Gasteiger partial charge is 0.480 e. The fourth-order valence-electron chi connectivity index (χ4n) is 1.60. The second kappa shape index (κ2) is 6.53. The summed E-state index contributed by atoms with van der Waals surface area (Å²) in [6, 6.07) is -1.38. The molecule has 0 aromatic rings. The SMILES string of the molecule is C[C@@H](O)[C@H](NC(=O)CC1COCCN1)C(=O)O. The van der Waals surface area contributed by atoms with Gasteiger partial charge >= 0.3 is 5.97 Å². The summed E-state index contributed by atoms with van der Waals surface area (Å²) < 4.78 is 5.17. The number of nitrogens with one attached hydrogen (secondary N) is 2. The van der Waals surface area contributed by atoms with Crippen molar-refractivity contribution in [2.45, 2.75) is 31.5 Å². The molecule has 1 unspecified atom stereocenters. The van der Waals surface area contributed by atoms with Crippen molar-refractivity contribution in [3.63, 3.8) is 0 Å². The first-order valence-electron chi connectivity index (χ1n) is 5.52. The third-order valence-corrected chi connectivity index (χ3v) is 2.50. The van der Waals surface area contributed by atoms with E-state index in [2.05, 4.69) is 10.6 Å². The van der Waals surface area contributed by atoms with Crippen LogP contribution in [-0.4, -0.2) is 60.0 Å². The van der Waals surface area contributed by atoms with Gasteiger partial charge in [0.25, 0.3) is 0 Å². The predicted octanol–water partition coefficient (Wildman–Crippen LogP) is -1.68. The van der Waals surface area contributed by atoms with E-state index in [0.29, 0.717) is 19.8 Å². The standard InChI is InChI=1S/C10H18N2O5/c1-6(13)9(10(15)16)12-8(14)4-7-5-17-3-2-11-7/h6-7,9,11,13H,2-5H2,1H3,(H,12,14)(H,15,16)/t6-,7?,9+/m1/s1. The molecule has 17 heavy (non-hydrogen) atoms. The molecule has 7 nitrogen and oxygen atoms in total. The van der Waals surface area contributed by atoms with E-state index in [-0.39, 0.29) is 12.5 Å².